The van der Waals surface area contributed by atoms with Crippen LogP contribution in [0, 0.1) is 0 Å². The minimum atomic E-state index is -0.960. The molecule has 0 heterocycles. The van der Waals surface area contributed by atoms with Gasteiger partial charge in [0.25, 0.3) is 5.91 Å². The largest absolute Gasteiger partial charge is 0.383 e. The number of aryl methyl sites for hydroxylation is 1. The molecule has 1 amide bonds. The van der Waals surface area contributed by atoms with Gasteiger partial charge in [0, 0.05) is 10.0 Å². The Morgan fingerprint density at radius 3 is 2.86 bits per heavy atom. The number of rotatable bonds is 3. The zero-order valence-electron chi connectivity index (χ0n) is 11.5. The molecule has 0 saturated carbocycles. The highest BCUT2D eigenvalue weighted by Gasteiger charge is 2.36. The van der Waals surface area contributed by atoms with Crippen LogP contribution in [0.15, 0.2) is 53.0 Å². The van der Waals surface area contributed by atoms with E-state index < -0.39 is 5.60 Å². The molecular weight excluding hydrogens is 330 g/mol. The van der Waals surface area contributed by atoms with Gasteiger partial charge >= 0.3 is 0 Å². The Morgan fingerprint density at radius 1 is 1.24 bits per heavy atom. The predicted octanol–water partition coefficient (Wildman–Crippen LogP) is 3.01. The monoisotopic (exact) mass is 345 g/mol. The van der Waals surface area contributed by atoms with E-state index >= 15 is 0 Å². The van der Waals surface area contributed by atoms with E-state index in [4.69, 9.17) is 0 Å². The lowest BCUT2D eigenvalue weighted by atomic mass is 9.96. The van der Waals surface area contributed by atoms with Crippen molar-refractivity contribution in [2.75, 3.05) is 6.54 Å². The molecule has 0 bridgehead atoms. The number of aliphatic hydroxyl groups is 1. The van der Waals surface area contributed by atoms with Crippen LogP contribution in [0.3, 0.4) is 0 Å². The third-order valence-corrected chi connectivity index (χ3v) is 4.45. The minimum absolute atomic E-state index is 0.172. The highest BCUT2D eigenvalue weighted by molar-refractivity contribution is 9.10. The van der Waals surface area contributed by atoms with Crippen molar-refractivity contribution in [3.63, 3.8) is 0 Å². The highest BCUT2D eigenvalue weighted by Crippen LogP contribution is 2.36. The molecule has 3 nitrogen and oxygen atoms in total. The molecule has 0 aromatic heterocycles. The summed E-state index contributed by atoms with van der Waals surface area (Å²) in [6.45, 7) is 0.232. The van der Waals surface area contributed by atoms with E-state index in [0.717, 1.165) is 22.0 Å². The Hall–Kier alpha value is -1.65. The second-order valence-electron chi connectivity index (χ2n) is 5.38. The Morgan fingerprint density at radius 2 is 2.05 bits per heavy atom. The number of benzene rings is 2. The number of carbonyl (C=O) groups is 1. The summed E-state index contributed by atoms with van der Waals surface area (Å²) in [6, 6.07) is 15.1. The van der Waals surface area contributed by atoms with Crippen molar-refractivity contribution in [1.29, 1.82) is 0 Å². The summed E-state index contributed by atoms with van der Waals surface area (Å²) in [6.07, 6.45) is 1.49. The Balaban J connectivity index is 1.72. The van der Waals surface area contributed by atoms with E-state index in [-0.39, 0.29) is 12.5 Å². The van der Waals surface area contributed by atoms with E-state index in [2.05, 4.69) is 21.2 Å². The maximum absolute atomic E-state index is 12.2. The summed E-state index contributed by atoms with van der Waals surface area (Å²) in [5.74, 6) is -0.172. The summed E-state index contributed by atoms with van der Waals surface area (Å²) in [5.41, 5.74) is 1.72. The van der Waals surface area contributed by atoms with Gasteiger partial charge in [-0.3, -0.25) is 4.79 Å². The molecule has 4 heteroatoms. The van der Waals surface area contributed by atoms with Gasteiger partial charge in [-0.2, -0.15) is 0 Å². The number of hydrogen-bond acceptors (Lipinski definition) is 2. The maximum Gasteiger partial charge on any atom is 0.251 e. The molecule has 0 fully saturated rings. The normalized spacial score (nSPS) is 20.1. The van der Waals surface area contributed by atoms with Crippen molar-refractivity contribution in [2.24, 2.45) is 0 Å². The fourth-order valence-corrected chi connectivity index (χ4v) is 3.21. The van der Waals surface area contributed by atoms with Crippen molar-refractivity contribution in [3.05, 3.63) is 69.7 Å². The number of hydrogen-bond donors (Lipinski definition) is 2. The molecule has 1 unspecified atom stereocenters. The lowest BCUT2D eigenvalue weighted by Gasteiger charge is -2.24. The van der Waals surface area contributed by atoms with Gasteiger partial charge in [0.15, 0.2) is 0 Å². The topological polar surface area (TPSA) is 49.3 Å². The standard InChI is InChI=1S/C17H16BrNO2/c18-14-6-3-5-13(10-14)16(20)19-11-17(21)9-8-12-4-1-2-7-15(12)17/h1-7,10,21H,8-9,11H2,(H,19,20). The van der Waals surface area contributed by atoms with Crippen LogP contribution in [-0.2, 0) is 12.0 Å². The fraction of sp³-hybridized carbons (Fsp3) is 0.235. The second-order valence-corrected chi connectivity index (χ2v) is 6.30. The molecule has 0 spiro atoms. The van der Waals surface area contributed by atoms with E-state index in [1.165, 1.54) is 0 Å². The first-order valence-corrected chi connectivity index (χ1v) is 7.72. The lowest BCUT2D eigenvalue weighted by Crippen LogP contribution is -2.39. The number of halogens is 1. The fourth-order valence-electron chi connectivity index (χ4n) is 2.81. The third-order valence-electron chi connectivity index (χ3n) is 3.95. The molecule has 0 saturated heterocycles. The number of amides is 1. The Bertz CT molecular complexity index is 686. The molecule has 2 N–H and O–H groups in total. The molecule has 0 radical (unpaired) electrons. The molecule has 108 valence electrons. The van der Waals surface area contributed by atoms with Gasteiger partial charge in [-0.15, -0.1) is 0 Å². The molecule has 1 aliphatic carbocycles. The first-order valence-electron chi connectivity index (χ1n) is 6.93. The quantitative estimate of drug-likeness (QED) is 0.898. The first-order chi connectivity index (χ1) is 10.1. The number of fused-ring (bicyclic) bond motifs is 1. The minimum Gasteiger partial charge on any atom is -0.383 e. The lowest BCUT2D eigenvalue weighted by molar-refractivity contribution is 0.0369. The highest BCUT2D eigenvalue weighted by atomic mass is 79.9. The van der Waals surface area contributed by atoms with E-state index in [0.29, 0.717) is 12.0 Å². The summed E-state index contributed by atoms with van der Waals surface area (Å²) in [7, 11) is 0. The summed E-state index contributed by atoms with van der Waals surface area (Å²) >= 11 is 3.35. The molecule has 1 atom stereocenters. The van der Waals surface area contributed by atoms with Gasteiger partial charge in [0.05, 0.1) is 6.54 Å². The second kappa shape index (κ2) is 5.62. The van der Waals surface area contributed by atoms with Crippen LogP contribution < -0.4 is 5.32 Å². The van der Waals surface area contributed by atoms with Gasteiger partial charge in [0.2, 0.25) is 0 Å². The van der Waals surface area contributed by atoms with Crippen LogP contribution in [0.25, 0.3) is 0 Å². The zero-order valence-corrected chi connectivity index (χ0v) is 13.1. The molecule has 2 aromatic rings. The Labute approximate surface area is 132 Å². The smallest absolute Gasteiger partial charge is 0.251 e. The van der Waals surface area contributed by atoms with Crippen LogP contribution >= 0.6 is 15.9 Å². The van der Waals surface area contributed by atoms with Gasteiger partial charge in [-0.1, -0.05) is 46.3 Å². The predicted molar refractivity (Wildman–Crippen MR) is 85.1 cm³/mol. The average Bonchev–Trinajstić information content (AvgIpc) is 2.83. The number of carbonyl (C=O) groups excluding carboxylic acids is 1. The maximum atomic E-state index is 12.2. The van der Waals surface area contributed by atoms with Crippen LogP contribution in [-0.4, -0.2) is 17.6 Å². The van der Waals surface area contributed by atoms with Gasteiger partial charge in [-0.25, -0.2) is 0 Å². The molecule has 1 aliphatic rings. The van der Waals surface area contributed by atoms with E-state index in [9.17, 15) is 9.90 Å². The molecular formula is C17H16BrNO2. The SMILES string of the molecule is O=C(NCC1(O)CCc2ccccc21)c1cccc(Br)c1. The van der Waals surface area contributed by atoms with Crippen molar-refractivity contribution in [3.8, 4) is 0 Å². The summed E-state index contributed by atoms with van der Waals surface area (Å²) in [4.78, 5) is 12.2. The van der Waals surface area contributed by atoms with Gasteiger partial charge < -0.3 is 10.4 Å². The summed E-state index contributed by atoms with van der Waals surface area (Å²) < 4.78 is 0.861. The zero-order chi connectivity index (χ0) is 14.9. The molecule has 0 aliphatic heterocycles. The van der Waals surface area contributed by atoms with Crippen molar-refractivity contribution in [1.82, 2.24) is 5.32 Å². The van der Waals surface area contributed by atoms with E-state index in [1.807, 2.05) is 36.4 Å². The van der Waals surface area contributed by atoms with Crippen molar-refractivity contribution in [2.45, 2.75) is 18.4 Å². The van der Waals surface area contributed by atoms with Crippen molar-refractivity contribution >= 4 is 21.8 Å². The van der Waals surface area contributed by atoms with Gasteiger partial charge in [-0.05, 0) is 42.2 Å². The van der Waals surface area contributed by atoms with Crippen molar-refractivity contribution < 1.29 is 9.90 Å². The van der Waals surface area contributed by atoms with Crippen LogP contribution in [0.1, 0.15) is 27.9 Å². The third kappa shape index (κ3) is 2.87. The first kappa shape index (κ1) is 14.3. The van der Waals surface area contributed by atoms with E-state index in [1.54, 1.807) is 12.1 Å². The summed E-state index contributed by atoms with van der Waals surface area (Å²) in [5, 5.41) is 13.6. The van der Waals surface area contributed by atoms with Crippen LogP contribution in [0.2, 0.25) is 0 Å². The average molecular weight is 346 g/mol. The van der Waals surface area contributed by atoms with Gasteiger partial charge in [0.1, 0.15) is 5.60 Å². The number of nitrogens with one attached hydrogen (secondary N) is 1. The molecule has 3 rings (SSSR count). The van der Waals surface area contributed by atoms with Crippen LogP contribution in [0.4, 0.5) is 0 Å². The Kier molecular flexibility index (Phi) is 3.83. The molecule has 21 heavy (non-hydrogen) atoms. The molecule has 2 aromatic carbocycles. The van der Waals surface area contributed by atoms with Crippen LogP contribution in [0.5, 0.6) is 0 Å².